The van der Waals surface area contributed by atoms with Crippen molar-refractivity contribution in [2.45, 2.75) is 12.3 Å². The molecular formula is C32H22S. The molecule has 0 fully saturated rings. The molecule has 1 heterocycles. The maximum atomic E-state index is 2.36. The second-order valence-corrected chi connectivity index (χ2v) is 9.87. The van der Waals surface area contributed by atoms with Crippen LogP contribution in [0.15, 0.2) is 115 Å². The maximum absolute atomic E-state index is 2.36. The van der Waals surface area contributed by atoms with E-state index < -0.39 is 0 Å². The fourth-order valence-corrected chi connectivity index (χ4v) is 6.81. The Hall–Kier alpha value is -3.68. The van der Waals surface area contributed by atoms with Crippen LogP contribution in [-0.2, 0) is 0 Å². The Morgan fingerprint density at radius 2 is 1.21 bits per heavy atom. The number of allylic oxidation sites excluding steroid dienone is 4. The van der Waals surface area contributed by atoms with Crippen molar-refractivity contribution in [2.75, 3.05) is 0 Å². The summed E-state index contributed by atoms with van der Waals surface area (Å²) < 4.78 is 2.73. The van der Waals surface area contributed by atoms with E-state index in [-0.39, 0.29) is 0 Å². The fraction of sp³-hybridized carbons (Fsp3) is 0.0625. The van der Waals surface area contributed by atoms with Crippen LogP contribution in [0.4, 0.5) is 0 Å². The predicted octanol–water partition coefficient (Wildman–Crippen LogP) is 9.63. The molecule has 1 aromatic heterocycles. The van der Waals surface area contributed by atoms with Gasteiger partial charge in [-0.05, 0) is 45.2 Å². The first-order valence-electron chi connectivity index (χ1n) is 11.6. The summed E-state index contributed by atoms with van der Waals surface area (Å²) in [5.74, 6) is 0.402. The molecule has 0 aliphatic heterocycles. The Morgan fingerprint density at radius 1 is 0.576 bits per heavy atom. The third-order valence-corrected chi connectivity index (χ3v) is 8.22. The van der Waals surface area contributed by atoms with Crippen LogP contribution in [0.3, 0.4) is 0 Å². The van der Waals surface area contributed by atoms with E-state index in [1.807, 2.05) is 11.3 Å². The van der Waals surface area contributed by atoms with Gasteiger partial charge in [0.25, 0.3) is 0 Å². The van der Waals surface area contributed by atoms with Crippen LogP contribution in [0.25, 0.3) is 52.8 Å². The highest BCUT2D eigenvalue weighted by Gasteiger charge is 2.21. The van der Waals surface area contributed by atoms with E-state index in [2.05, 4.69) is 115 Å². The standard InChI is InChI=1S/C32H22S/c1-2-11-21(12-3-1)30-23-14-4-6-16-25(23)31(26-17-7-5-15-24(26)30)28-19-10-18-27-22-13-8-9-20-29(22)33-32(27)28/h1-11,13-21H,12H2. The zero-order valence-corrected chi connectivity index (χ0v) is 19.0. The van der Waals surface area contributed by atoms with Crippen LogP contribution in [0.2, 0.25) is 0 Å². The van der Waals surface area contributed by atoms with Crippen molar-refractivity contribution >= 4 is 53.1 Å². The van der Waals surface area contributed by atoms with Crippen molar-refractivity contribution in [3.63, 3.8) is 0 Å². The van der Waals surface area contributed by atoms with Crippen molar-refractivity contribution < 1.29 is 0 Å². The van der Waals surface area contributed by atoms with Crippen molar-refractivity contribution in [2.24, 2.45) is 0 Å². The number of benzene rings is 5. The summed E-state index contributed by atoms with van der Waals surface area (Å²) in [6.07, 6.45) is 10.1. The second-order valence-electron chi connectivity index (χ2n) is 8.82. The minimum absolute atomic E-state index is 0.402. The van der Waals surface area contributed by atoms with Gasteiger partial charge in [0.05, 0.1) is 0 Å². The van der Waals surface area contributed by atoms with Crippen LogP contribution >= 0.6 is 11.3 Å². The van der Waals surface area contributed by atoms with Crippen molar-refractivity contribution in [3.8, 4) is 11.1 Å². The summed E-state index contributed by atoms with van der Waals surface area (Å²) in [6.45, 7) is 0. The minimum atomic E-state index is 0.402. The van der Waals surface area contributed by atoms with E-state index in [0.717, 1.165) is 6.42 Å². The van der Waals surface area contributed by atoms with Gasteiger partial charge in [0.2, 0.25) is 0 Å². The topological polar surface area (TPSA) is 0 Å². The lowest BCUT2D eigenvalue weighted by atomic mass is 9.81. The monoisotopic (exact) mass is 438 g/mol. The minimum Gasteiger partial charge on any atom is -0.135 e. The average molecular weight is 439 g/mol. The highest BCUT2D eigenvalue weighted by molar-refractivity contribution is 7.26. The van der Waals surface area contributed by atoms with Crippen LogP contribution < -0.4 is 0 Å². The molecule has 5 aromatic carbocycles. The summed E-state index contributed by atoms with van der Waals surface area (Å²) >= 11 is 1.91. The lowest BCUT2D eigenvalue weighted by molar-refractivity contribution is 0.870. The lowest BCUT2D eigenvalue weighted by Gasteiger charge is -2.22. The highest BCUT2D eigenvalue weighted by Crippen LogP contribution is 2.47. The lowest BCUT2D eigenvalue weighted by Crippen LogP contribution is -2.00. The molecule has 0 saturated carbocycles. The summed E-state index contributed by atoms with van der Waals surface area (Å²) in [4.78, 5) is 0. The molecule has 0 spiro atoms. The van der Waals surface area contributed by atoms with Crippen LogP contribution in [0.5, 0.6) is 0 Å². The quantitative estimate of drug-likeness (QED) is 0.236. The van der Waals surface area contributed by atoms with Gasteiger partial charge in [-0.25, -0.2) is 0 Å². The molecule has 1 unspecified atom stereocenters. The molecule has 33 heavy (non-hydrogen) atoms. The Morgan fingerprint density at radius 3 is 1.91 bits per heavy atom. The molecule has 1 atom stereocenters. The first-order chi connectivity index (χ1) is 16.4. The van der Waals surface area contributed by atoms with E-state index >= 15 is 0 Å². The summed E-state index contributed by atoms with van der Waals surface area (Å²) in [7, 11) is 0. The van der Waals surface area contributed by atoms with Gasteiger partial charge in [-0.2, -0.15) is 0 Å². The number of rotatable bonds is 2. The van der Waals surface area contributed by atoms with Crippen molar-refractivity contribution in [1.29, 1.82) is 0 Å². The molecule has 6 aromatic rings. The zero-order valence-electron chi connectivity index (χ0n) is 18.2. The summed E-state index contributed by atoms with van der Waals surface area (Å²) in [5.41, 5.74) is 4.15. The second kappa shape index (κ2) is 7.43. The summed E-state index contributed by atoms with van der Waals surface area (Å²) in [6, 6.07) is 33.6. The van der Waals surface area contributed by atoms with Gasteiger partial charge in [0.1, 0.15) is 0 Å². The first-order valence-corrected chi connectivity index (χ1v) is 12.4. The highest BCUT2D eigenvalue weighted by atomic mass is 32.1. The van der Waals surface area contributed by atoms with Crippen LogP contribution in [0.1, 0.15) is 17.9 Å². The van der Waals surface area contributed by atoms with E-state index in [1.165, 1.54) is 58.4 Å². The van der Waals surface area contributed by atoms with Crippen LogP contribution in [0, 0.1) is 0 Å². The molecule has 0 amide bonds. The molecule has 0 saturated heterocycles. The van der Waals surface area contributed by atoms with Crippen molar-refractivity contribution in [1.82, 2.24) is 0 Å². The average Bonchev–Trinajstić information content (AvgIpc) is 3.27. The molecule has 1 heteroatoms. The Labute approximate surface area is 197 Å². The van der Waals surface area contributed by atoms with Gasteiger partial charge in [-0.15, -0.1) is 11.3 Å². The van der Waals surface area contributed by atoms with Gasteiger partial charge in [0, 0.05) is 31.7 Å². The molecule has 0 radical (unpaired) electrons. The third-order valence-electron chi connectivity index (χ3n) is 7.00. The maximum Gasteiger partial charge on any atom is 0.0434 e. The SMILES string of the molecule is C1=CCC(c2c3ccccc3c(-c3cccc4c3sc3ccccc34)c3ccccc23)C=C1. The first kappa shape index (κ1) is 18.8. The van der Waals surface area contributed by atoms with E-state index in [0.29, 0.717) is 5.92 Å². The van der Waals surface area contributed by atoms with Gasteiger partial charge < -0.3 is 0 Å². The number of thiophene rings is 1. The molecule has 0 nitrogen and oxygen atoms in total. The normalized spacial score (nSPS) is 15.8. The Bertz CT molecular complexity index is 1690. The molecule has 156 valence electrons. The van der Waals surface area contributed by atoms with Gasteiger partial charge in [0.15, 0.2) is 0 Å². The van der Waals surface area contributed by atoms with E-state index in [4.69, 9.17) is 0 Å². The fourth-order valence-electron chi connectivity index (χ4n) is 5.59. The Kier molecular flexibility index (Phi) is 4.25. The molecule has 1 aliphatic carbocycles. The van der Waals surface area contributed by atoms with Gasteiger partial charge >= 0.3 is 0 Å². The Balaban J connectivity index is 1.65. The number of fused-ring (bicyclic) bond motifs is 5. The molecule has 1 aliphatic rings. The number of hydrogen-bond acceptors (Lipinski definition) is 1. The third kappa shape index (κ3) is 2.83. The van der Waals surface area contributed by atoms with Crippen molar-refractivity contribution in [3.05, 3.63) is 121 Å². The smallest absolute Gasteiger partial charge is 0.0434 e. The molecule has 0 bridgehead atoms. The summed E-state index contributed by atoms with van der Waals surface area (Å²) in [5, 5.41) is 8.14. The molecular weight excluding hydrogens is 416 g/mol. The molecule has 7 rings (SSSR count). The van der Waals surface area contributed by atoms with Crippen LogP contribution in [-0.4, -0.2) is 0 Å². The molecule has 0 N–H and O–H groups in total. The predicted molar refractivity (Wildman–Crippen MR) is 145 cm³/mol. The number of hydrogen-bond donors (Lipinski definition) is 0. The zero-order chi connectivity index (χ0) is 21.8. The largest absolute Gasteiger partial charge is 0.135 e. The van der Waals surface area contributed by atoms with E-state index in [1.54, 1.807) is 0 Å². The van der Waals surface area contributed by atoms with Gasteiger partial charge in [-0.1, -0.05) is 109 Å². The van der Waals surface area contributed by atoms with Gasteiger partial charge in [-0.3, -0.25) is 0 Å². The van der Waals surface area contributed by atoms with E-state index in [9.17, 15) is 0 Å².